The summed E-state index contributed by atoms with van der Waals surface area (Å²) in [5.41, 5.74) is 3.63. The fourth-order valence-corrected chi connectivity index (χ4v) is 1.86. The topological polar surface area (TPSA) is 67.4 Å². The molecule has 2 N–H and O–H groups in total. The molecule has 1 aromatic rings. The zero-order valence-electron chi connectivity index (χ0n) is 11.8. The number of aryl methyl sites for hydroxylation is 2. The highest BCUT2D eigenvalue weighted by Crippen LogP contribution is 2.22. The van der Waals surface area contributed by atoms with Crippen molar-refractivity contribution in [3.8, 4) is 0 Å². The van der Waals surface area contributed by atoms with Gasteiger partial charge < -0.3 is 15.4 Å². The number of carbonyl (C=O) groups is 2. The normalized spacial score (nSPS) is 10.1. The molecule has 19 heavy (non-hydrogen) atoms. The molecule has 0 radical (unpaired) electrons. The Morgan fingerprint density at radius 1 is 1.26 bits per heavy atom. The van der Waals surface area contributed by atoms with E-state index in [4.69, 9.17) is 4.74 Å². The minimum atomic E-state index is -0.304. The van der Waals surface area contributed by atoms with Gasteiger partial charge in [0, 0.05) is 5.69 Å². The summed E-state index contributed by atoms with van der Waals surface area (Å²) in [5, 5.41) is 5.66. The maximum absolute atomic E-state index is 11.6. The van der Waals surface area contributed by atoms with Gasteiger partial charge in [0.05, 0.1) is 6.54 Å². The van der Waals surface area contributed by atoms with Crippen molar-refractivity contribution >= 4 is 25.3 Å². The number of hydrogen-bond donors (Lipinski definition) is 2. The average molecular weight is 262 g/mol. The number of ether oxygens (including phenoxy) is 1. The van der Waals surface area contributed by atoms with Gasteiger partial charge in [-0.2, -0.15) is 0 Å². The van der Waals surface area contributed by atoms with E-state index in [1.165, 1.54) is 7.85 Å². The molecular formula is C13H19BN2O3. The van der Waals surface area contributed by atoms with Crippen LogP contribution in [-0.2, 0) is 16.1 Å². The molecule has 102 valence electrons. The zero-order valence-corrected chi connectivity index (χ0v) is 11.8. The number of amides is 1. The monoisotopic (exact) mass is 262 g/mol. The van der Waals surface area contributed by atoms with Gasteiger partial charge in [-0.1, -0.05) is 12.1 Å². The maximum Gasteiger partial charge on any atom is 0.243 e. The molecule has 0 saturated heterocycles. The summed E-state index contributed by atoms with van der Waals surface area (Å²) in [6.45, 7) is 4.36. The van der Waals surface area contributed by atoms with Crippen LogP contribution in [-0.4, -0.2) is 33.2 Å². The van der Waals surface area contributed by atoms with Crippen molar-refractivity contribution in [2.45, 2.75) is 20.5 Å². The molecule has 0 aromatic heterocycles. The Morgan fingerprint density at radius 2 is 1.84 bits per heavy atom. The highest BCUT2D eigenvalue weighted by Gasteiger charge is 2.09. The quantitative estimate of drug-likeness (QED) is 0.768. The molecule has 1 rings (SSSR count). The molecule has 0 heterocycles. The Kier molecular flexibility index (Phi) is 5.57. The van der Waals surface area contributed by atoms with Crippen LogP contribution < -0.4 is 10.6 Å². The van der Waals surface area contributed by atoms with Crippen LogP contribution in [0.4, 0.5) is 10.5 Å². The first-order valence-corrected chi connectivity index (χ1v) is 6.12. The van der Waals surface area contributed by atoms with Crippen LogP contribution in [0.1, 0.15) is 16.7 Å². The molecule has 6 heteroatoms. The molecular weight excluding hydrogens is 243 g/mol. The van der Waals surface area contributed by atoms with Gasteiger partial charge in [-0.3, -0.25) is 9.59 Å². The third-order valence-corrected chi connectivity index (χ3v) is 2.64. The van der Waals surface area contributed by atoms with Crippen LogP contribution in [0.2, 0.25) is 0 Å². The van der Waals surface area contributed by atoms with Gasteiger partial charge in [-0.15, -0.1) is 0 Å². The second kappa shape index (κ2) is 6.94. The minimum Gasteiger partial charge on any atom is -0.469 e. The molecule has 1 amide bonds. The van der Waals surface area contributed by atoms with Gasteiger partial charge in [0.25, 0.3) is 0 Å². The summed E-state index contributed by atoms with van der Waals surface area (Å²) >= 11 is 0. The van der Waals surface area contributed by atoms with E-state index in [1.807, 2.05) is 26.0 Å². The van der Waals surface area contributed by atoms with Crippen molar-refractivity contribution in [3.05, 3.63) is 28.8 Å². The van der Waals surface area contributed by atoms with E-state index in [0.717, 1.165) is 22.4 Å². The molecule has 5 nitrogen and oxygen atoms in total. The number of anilines is 1. The Labute approximate surface area is 114 Å². The number of carbonyl (C=O) groups excluding carboxylic acids is 2. The van der Waals surface area contributed by atoms with Crippen molar-refractivity contribution in [2.24, 2.45) is 0 Å². The van der Waals surface area contributed by atoms with E-state index in [0.29, 0.717) is 0 Å². The molecule has 0 aliphatic rings. The lowest BCUT2D eigenvalue weighted by Crippen LogP contribution is -2.25. The van der Waals surface area contributed by atoms with E-state index in [1.54, 1.807) is 7.05 Å². The van der Waals surface area contributed by atoms with Gasteiger partial charge in [0.1, 0.15) is 6.61 Å². The number of likely N-dealkylation sites (N-methyl/N-ethyl adjacent to an activating group) is 1. The highest BCUT2D eigenvalue weighted by atomic mass is 16.5. The second-order valence-corrected chi connectivity index (χ2v) is 4.46. The van der Waals surface area contributed by atoms with Crippen LogP contribution >= 0.6 is 0 Å². The second-order valence-electron chi connectivity index (χ2n) is 4.46. The minimum absolute atomic E-state index is 0.0820. The molecule has 0 aliphatic heterocycles. The first-order chi connectivity index (χ1) is 8.93. The molecule has 0 bridgehead atoms. The Hall–Kier alpha value is -1.82. The van der Waals surface area contributed by atoms with Crippen LogP contribution in [0.25, 0.3) is 0 Å². The van der Waals surface area contributed by atoms with E-state index < -0.39 is 0 Å². The molecule has 0 fully saturated rings. The van der Waals surface area contributed by atoms with Crippen molar-refractivity contribution in [3.63, 3.8) is 0 Å². The summed E-state index contributed by atoms with van der Waals surface area (Å²) in [6, 6.07) is 3.82. The smallest absolute Gasteiger partial charge is 0.243 e. The standard InChI is InChI=1S/C13H19BN2O3/c1-8-4-10(7-19-13(14)18)5-9(2)12(8)16-11(17)6-15-3/h4-5,15H,6-7,14H2,1-3H3,(H,16,17). The third kappa shape index (κ3) is 4.75. The maximum atomic E-state index is 11.6. The van der Waals surface area contributed by atoms with Crippen molar-refractivity contribution in [2.75, 3.05) is 18.9 Å². The van der Waals surface area contributed by atoms with Gasteiger partial charge >= 0.3 is 0 Å². The van der Waals surface area contributed by atoms with Gasteiger partial charge in [0.2, 0.25) is 19.6 Å². The van der Waals surface area contributed by atoms with Crippen molar-refractivity contribution < 1.29 is 14.3 Å². The van der Waals surface area contributed by atoms with E-state index in [2.05, 4.69) is 10.6 Å². The lowest BCUT2D eigenvalue weighted by atomic mass is 10.0. The average Bonchev–Trinajstić information content (AvgIpc) is 2.31. The number of rotatable bonds is 5. The van der Waals surface area contributed by atoms with Crippen LogP contribution in [0.3, 0.4) is 0 Å². The molecule has 1 aromatic carbocycles. The Bertz CT molecular complexity index is 466. The zero-order chi connectivity index (χ0) is 14.4. The summed E-state index contributed by atoms with van der Waals surface area (Å²) in [7, 11) is 3.10. The Balaban J connectivity index is 2.85. The molecule has 0 saturated carbocycles. The summed E-state index contributed by atoms with van der Waals surface area (Å²) in [5.74, 6) is -0.386. The molecule has 0 unspecified atom stereocenters. The van der Waals surface area contributed by atoms with Gasteiger partial charge in [-0.05, 0) is 37.6 Å². The number of nitrogens with one attached hydrogen (secondary N) is 2. The first-order valence-electron chi connectivity index (χ1n) is 6.12. The van der Waals surface area contributed by atoms with E-state index in [9.17, 15) is 9.59 Å². The largest absolute Gasteiger partial charge is 0.469 e. The van der Waals surface area contributed by atoms with Crippen LogP contribution in [0, 0.1) is 13.8 Å². The predicted molar refractivity (Wildman–Crippen MR) is 77.2 cm³/mol. The van der Waals surface area contributed by atoms with Crippen LogP contribution in [0.5, 0.6) is 0 Å². The third-order valence-electron chi connectivity index (χ3n) is 2.64. The lowest BCUT2D eigenvalue weighted by molar-refractivity contribution is -0.115. The summed E-state index contributed by atoms with van der Waals surface area (Å²) < 4.78 is 4.96. The number of hydrogen-bond acceptors (Lipinski definition) is 4. The molecule has 0 aliphatic carbocycles. The fraction of sp³-hybridized carbons (Fsp3) is 0.385. The number of benzene rings is 1. The molecule has 0 spiro atoms. The SMILES string of the molecule is BC(=O)OCc1cc(C)c(NC(=O)CNC)c(C)c1. The fourth-order valence-electron chi connectivity index (χ4n) is 1.86. The highest BCUT2D eigenvalue weighted by molar-refractivity contribution is 6.55. The predicted octanol–water partition coefficient (Wildman–Crippen LogP) is 0.731. The van der Waals surface area contributed by atoms with E-state index >= 15 is 0 Å². The van der Waals surface area contributed by atoms with Crippen molar-refractivity contribution in [1.82, 2.24) is 5.32 Å². The van der Waals surface area contributed by atoms with Gasteiger partial charge in [0.15, 0.2) is 0 Å². The van der Waals surface area contributed by atoms with Crippen molar-refractivity contribution in [1.29, 1.82) is 0 Å². The molecule has 0 atom stereocenters. The summed E-state index contributed by atoms with van der Waals surface area (Å²) in [4.78, 5) is 22.4. The van der Waals surface area contributed by atoms with Crippen LogP contribution in [0.15, 0.2) is 12.1 Å². The van der Waals surface area contributed by atoms with Gasteiger partial charge in [-0.25, -0.2) is 0 Å². The lowest BCUT2D eigenvalue weighted by Gasteiger charge is -2.14. The summed E-state index contributed by atoms with van der Waals surface area (Å²) in [6.07, 6.45) is 0. The Morgan fingerprint density at radius 3 is 2.32 bits per heavy atom. The van der Waals surface area contributed by atoms with E-state index in [-0.39, 0.29) is 24.9 Å². The first kappa shape index (κ1) is 15.2.